The zero-order valence-corrected chi connectivity index (χ0v) is 23.8. The molecule has 1 N–H and O–H groups in total. The molecule has 0 spiro atoms. The summed E-state index contributed by atoms with van der Waals surface area (Å²) in [5, 5.41) is 2.58. The third kappa shape index (κ3) is 6.99. The minimum atomic E-state index is -4.07. The van der Waals surface area contributed by atoms with Crippen LogP contribution < -0.4 is 9.62 Å². The van der Waals surface area contributed by atoms with Crippen LogP contribution in [0.1, 0.15) is 37.8 Å². The number of nitrogens with zero attached hydrogens (tertiary/aromatic N) is 2. The smallest absolute Gasteiger partial charge is 0.264 e. The first kappa shape index (κ1) is 28.4. The van der Waals surface area contributed by atoms with Crippen molar-refractivity contribution in [3.8, 4) is 0 Å². The Morgan fingerprint density at radius 1 is 0.892 bits per heavy atom. The van der Waals surface area contributed by atoms with Gasteiger partial charge in [-0.05, 0) is 60.4 Å². The van der Waals surface area contributed by atoms with E-state index in [0.29, 0.717) is 5.69 Å². The van der Waals surface area contributed by atoms with Crippen molar-refractivity contribution in [1.82, 2.24) is 10.2 Å². The molecule has 0 bridgehead atoms. The number of halogens is 1. The molecule has 3 aromatic rings. The number of rotatable bonds is 10. The Balaban J connectivity index is 2.02. The zero-order valence-electron chi connectivity index (χ0n) is 21.4. The zero-order chi connectivity index (χ0) is 27.2. The van der Waals surface area contributed by atoms with Crippen molar-refractivity contribution in [2.75, 3.05) is 17.9 Å². The van der Waals surface area contributed by atoms with Crippen LogP contribution in [0.25, 0.3) is 0 Å². The molecule has 3 aromatic carbocycles. The predicted molar refractivity (Wildman–Crippen MR) is 150 cm³/mol. The fraction of sp³-hybridized carbons (Fsp3) is 0.286. The molecule has 0 saturated heterocycles. The lowest BCUT2D eigenvalue weighted by molar-refractivity contribution is -0.139. The van der Waals surface area contributed by atoms with Crippen LogP contribution in [0.15, 0.2) is 88.2 Å². The first-order valence-electron chi connectivity index (χ1n) is 12.0. The predicted octanol–water partition coefficient (Wildman–Crippen LogP) is 4.93. The van der Waals surface area contributed by atoms with E-state index in [2.05, 4.69) is 35.1 Å². The SMILES string of the molecule is CNC(=O)[C@H](C)N(Cc1ccc(Br)cc1)C(=O)CN(c1ccc(C(C)C)cc1)S(=O)(=O)c1ccccc1. The summed E-state index contributed by atoms with van der Waals surface area (Å²) >= 11 is 3.40. The number of carbonyl (C=O) groups is 2. The quantitative estimate of drug-likeness (QED) is 0.365. The maximum absolute atomic E-state index is 13.7. The Bertz CT molecular complexity index is 1310. The fourth-order valence-electron chi connectivity index (χ4n) is 3.85. The van der Waals surface area contributed by atoms with Crippen molar-refractivity contribution < 1.29 is 18.0 Å². The second-order valence-corrected chi connectivity index (χ2v) is 11.8. The standard InChI is InChI=1S/C28H32BrN3O4S/c1-20(2)23-12-16-25(17-13-23)32(37(35,36)26-8-6-5-7-9-26)19-27(33)31(21(3)28(34)30-4)18-22-10-14-24(29)15-11-22/h5-17,20-21H,18-19H2,1-4H3,(H,30,34)/t21-/m0/s1. The second kappa shape index (κ2) is 12.4. The Kier molecular flexibility index (Phi) is 9.50. The van der Waals surface area contributed by atoms with Crippen LogP contribution in [-0.4, -0.2) is 44.8 Å². The van der Waals surface area contributed by atoms with Gasteiger partial charge in [0.15, 0.2) is 0 Å². The number of anilines is 1. The number of sulfonamides is 1. The average Bonchev–Trinajstić information content (AvgIpc) is 2.90. The molecule has 0 heterocycles. The van der Waals surface area contributed by atoms with Gasteiger partial charge in [-0.2, -0.15) is 0 Å². The molecule has 9 heteroatoms. The van der Waals surface area contributed by atoms with Gasteiger partial charge in [-0.3, -0.25) is 13.9 Å². The number of likely N-dealkylation sites (N-methyl/N-ethyl adjacent to an activating group) is 1. The number of benzene rings is 3. The summed E-state index contributed by atoms with van der Waals surface area (Å²) in [6.45, 7) is 5.42. The summed E-state index contributed by atoms with van der Waals surface area (Å²) in [6, 6.07) is 21.8. The summed E-state index contributed by atoms with van der Waals surface area (Å²) in [5.41, 5.74) is 2.24. The fourth-order valence-corrected chi connectivity index (χ4v) is 5.55. The minimum absolute atomic E-state index is 0.0783. The van der Waals surface area contributed by atoms with Crippen molar-refractivity contribution in [1.29, 1.82) is 0 Å². The molecule has 0 aliphatic carbocycles. The van der Waals surface area contributed by atoms with Crippen LogP contribution in [0.5, 0.6) is 0 Å². The van der Waals surface area contributed by atoms with Gasteiger partial charge in [-0.15, -0.1) is 0 Å². The third-order valence-corrected chi connectivity index (χ3v) is 8.45. The van der Waals surface area contributed by atoms with Crippen LogP contribution in [0.2, 0.25) is 0 Å². The molecule has 0 radical (unpaired) electrons. The summed E-state index contributed by atoms with van der Waals surface area (Å²) in [5.74, 6) is -0.569. The number of nitrogens with one attached hydrogen (secondary N) is 1. The van der Waals surface area contributed by atoms with Gasteiger partial charge in [0.1, 0.15) is 12.6 Å². The molecule has 0 fully saturated rings. The number of hydrogen-bond donors (Lipinski definition) is 1. The highest BCUT2D eigenvalue weighted by Gasteiger charge is 2.32. The van der Waals surface area contributed by atoms with Crippen LogP contribution in [0.4, 0.5) is 5.69 Å². The summed E-state index contributed by atoms with van der Waals surface area (Å²) in [7, 11) is -2.56. The first-order valence-corrected chi connectivity index (χ1v) is 14.2. The topological polar surface area (TPSA) is 86.8 Å². The number of hydrogen-bond acceptors (Lipinski definition) is 4. The number of carbonyl (C=O) groups excluding carboxylic acids is 2. The summed E-state index contributed by atoms with van der Waals surface area (Å²) in [6.07, 6.45) is 0. The van der Waals surface area contributed by atoms with E-state index in [1.54, 1.807) is 37.3 Å². The molecule has 0 aliphatic heterocycles. The van der Waals surface area contributed by atoms with Gasteiger partial charge in [0.2, 0.25) is 11.8 Å². The van der Waals surface area contributed by atoms with Gasteiger partial charge in [0.25, 0.3) is 10.0 Å². The minimum Gasteiger partial charge on any atom is -0.357 e. The van der Waals surface area contributed by atoms with Crippen LogP contribution in [0, 0.1) is 0 Å². The molecular formula is C28H32BrN3O4S. The largest absolute Gasteiger partial charge is 0.357 e. The molecule has 3 rings (SSSR count). The maximum Gasteiger partial charge on any atom is 0.264 e. The normalized spacial score (nSPS) is 12.2. The van der Waals surface area contributed by atoms with E-state index in [1.807, 2.05) is 36.4 Å². The van der Waals surface area contributed by atoms with Crippen LogP contribution >= 0.6 is 15.9 Å². The number of amides is 2. The Morgan fingerprint density at radius 3 is 2.03 bits per heavy atom. The van der Waals surface area contributed by atoms with Crippen LogP contribution in [0.3, 0.4) is 0 Å². The van der Waals surface area contributed by atoms with Gasteiger partial charge < -0.3 is 10.2 Å². The molecule has 0 unspecified atom stereocenters. The van der Waals surface area contributed by atoms with Crippen molar-refractivity contribution in [3.05, 3.63) is 94.5 Å². The van der Waals surface area contributed by atoms with E-state index in [9.17, 15) is 18.0 Å². The highest BCUT2D eigenvalue weighted by Crippen LogP contribution is 2.26. The second-order valence-electron chi connectivity index (χ2n) is 9.01. The van der Waals surface area contributed by atoms with E-state index in [1.165, 1.54) is 24.1 Å². The van der Waals surface area contributed by atoms with Crippen molar-refractivity contribution in [3.63, 3.8) is 0 Å². The van der Waals surface area contributed by atoms with Crippen LogP contribution in [-0.2, 0) is 26.2 Å². The molecule has 7 nitrogen and oxygen atoms in total. The highest BCUT2D eigenvalue weighted by atomic mass is 79.9. The Morgan fingerprint density at radius 2 is 1.49 bits per heavy atom. The van der Waals surface area contributed by atoms with Crippen molar-refractivity contribution >= 4 is 43.5 Å². The van der Waals surface area contributed by atoms with Gasteiger partial charge in [0, 0.05) is 18.1 Å². The van der Waals surface area contributed by atoms with E-state index in [-0.39, 0.29) is 23.3 Å². The molecule has 0 saturated carbocycles. The van der Waals surface area contributed by atoms with Gasteiger partial charge in [0.05, 0.1) is 10.6 Å². The Hall–Kier alpha value is -3.17. The Labute approximate surface area is 227 Å². The van der Waals surface area contributed by atoms with E-state index in [4.69, 9.17) is 0 Å². The maximum atomic E-state index is 13.7. The van der Waals surface area contributed by atoms with Gasteiger partial charge >= 0.3 is 0 Å². The van der Waals surface area contributed by atoms with Gasteiger partial charge in [-0.1, -0.05) is 72.2 Å². The van der Waals surface area contributed by atoms with E-state index >= 15 is 0 Å². The van der Waals surface area contributed by atoms with E-state index < -0.39 is 28.5 Å². The molecule has 1 atom stereocenters. The lowest BCUT2D eigenvalue weighted by Crippen LogP contribution is -2.50. The first-order chi connectivity index (χ1) is 17.5. The summed E-state index contributed by atoms with van der Waals surface area (Å²) in [4.78, 5) is 27.8. The van der Waals surface area contributed by atoms with E-state index in [0.717, 1.165) is 19.9 Å². The lowest BCUT2D eigenvalue weighted by atomic mass is 10.0. The molecule has 2 amide bonds. The molecule has 196 valence electrons. The monoisotopic (exact) mass is 585 g/mol. The van der Waals surface area contributed by atoms with Crippen molar-refractivity contribution in [2.24, 2.45) is 0 Å². The van der Waals surface area contributed by atoms with Gasteiger partial charge in [-0.25, -0.2) is 8.42 Å². The molecule has 37 heavy (non-hydrogen) atoms. The third-order valence-electron chi connectivity index (χ3n) is 6.14. The lowest BCUT2D eigenvalue weighted by Gasteiger charge is -2.32. The molecule has 0 aliphatic rings. The molecule has 0 aromatic heterocycles. The average molecular weight is 587 g/mol. The highest BCUT2D eigenvalue weighted by molar-refractivity contribution is 9.10. The summed E-state index contributed by atoms with van der Waals surface area (Å²) < 4.78 is 29.5. The van der Waals surface area contributed by atoms with Crippen molar-refractivity contribution in [2.45, 2.75) is 44.2 Å². The molecular weight excluding hydrogens is 554 g/mol.